The maximum atomic E-state index is 5.80. The normalized spacial score (nSPS) is 11.6. The van der Waals surface area contributed by atoms with Crippen LogP contribution < -0.4 is 5.73 Å². The van der Waals surface area contributed by atoms with Crippen LogP contribution in [0.4, 0.5) is 0 Å². The van der Waals surface area contributed by atoms with Crippen molar-refractivity contribution in [3.8, 4) is 0 Å². The molecule has 0 amide bonds. The zero-order chi connectivity index (χ0) is 8.48. The smallest absolute Gasteiger partial charge is 0.129 e. The van der Waals surface area contributed by atoms with E-state index in [9.17, 15) is 0 Å². The number of nitrogens with zero attached hydrogens (tertiary/aromatic N) is 1. The monoisotopic (exact) mass is 170 g/mol. The topological polar surface area (TPSA) is 38.9 Å². The quantitative estimate of drug-likeness (QED) is 0.655. The largest absolute Gasteiger partial charge is 0.321 e. The Morgan fingerprint density at radius 1 is 1.45 bits per heavy atom. The lowest BCUT2D eigenvalue weighted by atomic mass is 10.0. The Bertz CT molecular complexity index is 253. The maximum Gasteiger partial charge on any atom is 0.129 e. The van der Waals surface area contributed by atoms with Crippen molar-refractivity contribution in [2.45, 2.75) is 19.4 Å². The molecule has 0 aliphatic heterocycles. The molecule has 0 unspecified atom stereocenters. The van der Waals surface area contributed by atoms with Gasteiger partial charge in [-0.1, -0.05) is 17.7 Å². The van der Waals surface area contributed by atoms with Crippen LogP contribution in [-0.2, 0) is 5.54 Å². The first-order valence-electron chi connectivity index (χ1n) is 3.42. The molecule has 2 N–H and O–H groups in total. The van der Waals surface area contributed by atoms with E-state index in [1.54, 1.807) is 6.07 Å². The summed E-state index contributed by atoms with van der Waals surface area (Å²) in [6.07, 6.45) is 0. The molecular weight excluding hydrogens is 160 g/mol. The SMILES string of the molecule is CC(C)(N)c1cccc(Cl)n1. The van der Waals surface area contributed by atoms with E-state index in [4.69, 9.17) is 17.3 Å². The third kappa shape index (κ3) is 2.17. The summed E-state index contributed by atoms with van der Waals surface area (Å²) in [6.45, 7) is 3.79. The summed E-state index contributed by atoms with van der Waals surface area (Å²) in [5, 5.41) is 0.487. The second-order valence-electron chi connectivity index (χ2n) is 3.07. The van der Waals surface area contributed by atoms with E-state index in [0.29, 0.717) is 5.15 Å². The summed E-state index contributed by atoms with van der Waals surface area (Å²) >= 11 is 5.68. The van der Waals surface area contributed by atoms with Crippen molar-refractivity contribution in [2.24, 2.45) is 5.73 Å². The zero-order valence-corrected chi connectivity index (χ0v) is 7.39. The second-order valence-corrected chi connectivity index (χ2v) is 3.45. The Labute approximate surface area is 71.4 Å². The van der Waals surface area contributed by atoms with Crippen molar-refractivity contribution < 1.29 is 0 Å². The first kappa shape index (κ1) is 8.50. The van der Waals surface area contributed by atoms with Crippen molar-refractivity contribution in [2.75, 3.05) is 0 Å². The molecule has 0 saturated heterocycles. The van der Waals surface area contributed by atoms with Crippen molar-refractivity contribution in [3.63, 3.8) is 0 Å². The molecule has 0 fully saturated rings. The van der Waals surface area contributed by atoms with Gasteiger partial charge in [0.1, 0.15) is 5.15 Å². The van der Waals surface area contributed by atoms with Gasteiger partial charge in [-0.3, -0.25) is 0 Å². The van der Waals surface area contributed by atoms with Crippen LogP contribution in [0, 0.1) is 0 Å². The zero-order valence-electron chi connectivity index (χ0n) is 6.63. The van der Waals surface area contributed by atoms with Crippen LogP contribution in [0.2, 0.25) is 5.15 Å². The molecule has 1 heterocycles. The standard InChI is InChI=1S/C8H11ClN2/c1-8(2,10)6-4-3-5-7(9)11-6/h3-5H,10H2,1-2H3. The fraction of sp³-hybridized carbons (Fsp3) is 0.375. The molecule has 0 spiro atoms. The highest BCUT2D eigenvalue weighted by Gasteiger charge is 2.15. The van der Waals surface area contributed by atoms with Crippen LogP contribution >= 0.6 is 11.6 Å². The van der Waals surface area contributed by atoms with Gasteiger partial charge in [0.15, 0.2) is 0 Å². The molecule has 1 aromatic heterocycles. The molecule has 0 saturated carbocycles. The number of pyridine rings is 1. The summed E-state index contributed by atoms with van der Waals surface area (Å²) in [5.41, 5.74) is 6.20. The maximum absolute atomic E-state index is 5.80. The first-order valence-corrected chi connectivity index (χ1v) is 3.80. The van der Waals surface area contributed by atoms with E-state index >= 15 is 0 Å². The van der Waals surface area contributed by atoms with Gasteiger partial charge in [-0.2, -0.15) is 0 Å². The third-order valence-corrected chi connectivity index (χ3v) is 1.59. The number of halogens is 1. The average Bonchev–Trinajstić information content (AvgIpc) is 1.86. The van der Waals surface area contributed by atoms with Gasteiger partial charge in [0, 0.05) is 0 Å². The van der Waals surface area contributed by atoms with Crippen molar-refractivity contribution in [1.29, 1.82) is 0 Å². The second kappa shape index (κ2) is 2.80. The van der Waals surface area contributed by atoms with Crippen molar-refractivity contribution in [3.05, 3.63) is 29.0 Å². The minimum Gasteiger partial charge on any atom is -0.321 e. The number of hydrogen-bond acceptors (Lipinski definition) is 2. The predicted molar refractivity (Wildman–Crippen MR) is 46.5 cm³/mol. The minimum absolute atomic E-state index is 0.412. The molecule has 1 aromatic rings. The van der Waals surface area contributed by atoms with Crippen molar-refractivity contribution in [1.82, 2.24) is 4.98 Å². The summed E-state index contributed by atoms with van der Waals surface area (Å²) in [6, 6.07) is 5.45. The summed E-state index contributed by atoms with van der Waals surface area (Å²) < 4.78 is 0. The van der Waals surface area contributed by atoms with Gasteiger partial charge in [-0.15, -0.1) is 0 Å². The van der Waals surface area contributed by atoms with E-state index in [-0.39, 0.29) is 0 Å². The lowest BCUT2D eigenvalue weighted by Gasteiger charge is -2.17. The van der Waals surface area contributed by atoms with E-state index in [2.05, 4.69) is 4.98 Å². The van der Waals surface area contributed by atoms with Gasteiger partial charge in [0.05, 0.1) is 11.2 Å². The fourth-order valence-corrected chi connectivity index (χ4v) is 0.931. The number of rotatable bonds is 1. The Morgan fingerprint density at radius 3 is 2.45 bits per heavy atom. The fourth-order valence-electron chi connectivity index (χ4n) is 0.767. The first-order chi connectivity index (χ1) is 5.00. The van der Waals surface area contributed by atoms with Crippen LogP contribution in [0.3, 0.4) is 0 Å². The highest BCUT2D eigenvalue weighted by Crippen LogP contribution is 2.15. The van der Waals surface area contributed by atoms with Gasteiger partial charge < -0.3 is 5.73 Å². The molecular formula is C8H11ClN2. The Kier molecular flexibility index (Phi) is 2.16. The Hall–Kier alpha value is -0.600. The van der Waals surface area contributed by atoms with E-state index < -0.39 is 5.54 Å². The van der Waals surface area contributed by atoms with Gasteiger partial charge in [0.2, 0.25) is 0 Å². The molecule has 0 atom stereocenters. The number of hydrogen-bond donors (Lipinski definition) is 1. The highest BCUT2D eigenvalue weighted by atomic mass is 35.5. The van der Waals surface area contributed by atoms with Crippen LogP contribution in [0.5, 0.6) is 0 Å². The molecule has 0 bridgehead atoms. The van der Waals surface area contributed by atoms with Gasteiger partial charge in [-0.05, 0) is 26.0 Å². The summed E-state index contributed by atoms with van der Waals surface area (Å²) in [4.78, 5) is 4.08. The Morgan fingerprint density at radius 2 is 2.09 bits per heavy atom. The Balaban J connectivity index is 3.06. The molecule has 2 nitrogen and oxygen atoms in total. The lowest BCUT2D eigenvalue weighted by molar-refractivity contribution is 0.535. The van der Waals surface area contributed by atoms with E-state index in [1.165, 1.54) is 0 Å². The van der Waals surface area contributed by atoms with Gasteiger partial charge in [0.25, 0.3) is 0 Å². The molecule has 0 aliphatic carbocycles. The molecule has 60 valence electrons. The average molecular weight is 171 g/mol. The lowest BCUT2D eigenvalue weighted by Crippen LogP contribution is -2.29. The summed E-state index contributed by atoms with van der Waals surface area (Å²) in [7, 11) is 0. The van der Waals surface area contributed by atoms with Crippen LogP contribution in [0.15, 0.2) is 18.2 Å². The van der Waals surface area contributed by atoms with Gasteiger partial charge in [-0.25, -0.2) is 4.98 Å². The molecule has 3 heteroatoms. The van der Waals surface area contributed by atoms with E-state index in [1.807, 2.05) is 26.0 Å². The highest BCUT2D eigenvalue weighted by molar-refractivity contribution is 6.29. The number of aromatic nitrogens is 1. The molecule has 11 heavy (non-hydrogen) atoms. The van der Waals surface area contributed by atoms with Gasteiger partial charge >= 0.3 is 0 Å². The number of nitrogens with two attached hydrogens (primary N) is 1. The van der Waals surface area contributed by atoms with Crippen LogP contribution in [-0.4, -0.2) is 4.98 Å². The predicted octanol–water partition coefficient (Wildman–Crippen LogP) is 1.93. The summed E-state index contributed by atoms with van der Waals surface area (Å²) in [5.74, 6) is 0. The third-order valence-electron chi connectivity index (χ3n) is 1.38. The van der Waals surface area contributed by atoms with Crippen LogP contribution in [0.25, 0.3) is 0 Å². The van der Waals surface area contributed by atoms with E-state index in [0.717, 1.165) is 5.69 Å². The molecule has 0 radical (unpaired) electrons. The minimum atomic E-state index is -0.412. The molecule has 0 aromatic carbocycles. The molecule has 1 rings (SSSR count). The van der Waals surface area contributed by atoms with Crippen LogP contribution in [0.1, 0.15) is 19.5 Å². The molecule has 0 aliphatic rings. The van der Waals surface area contributed by atoms with Crippen molar-refractivity contribution >= 4 is 11.6 Å².